The molecule has 0 aromatic heterocycles. The van der Waals surface area contributed by atoms with Crippen molar-refractivity contribution in [2.24, 2.45) is 0 Å². The zero-order valence-corrected chi connectivity index (χ0v) is 14.4. The van der Waals surface area contributed by atoms with Crippen molar-refractivity contribution in [2.45, 2.75) is 36.8 Å². The summed E-state index contributed by atoms with van der Waals surface area (Å²) in [6.07, 6.45) is 3.26. The first-order valence-corrected chi connectivity index (χ1v) is 9.46. The quantitative estimate of drug-likeness (QED) is 0.839. The number of hydrogen-bond donors (Lipinski definition) is 0. The Kier molecular flexibility index (Phi) is 3.42. The van der Waals surface area contributed by atoms with E-state index >= 15 is 0 Å². The Labute approximate surface area is 142 Å². The Hall–Kier alpha value is -2.27. The normalized spacial score (nSPS) is 25.1. The van der Waals surface area contributed by atoms with Crippen LogP contribution >= 0.6 is 0 Å². The van der Waals surface area contributed by atoms with Gasteiger partial charge in [0.25, 0.3) is 10.0 Å². The minimum Gasteiger partial charge on any atom is -0.495 e. The zero-order chi connectivity index (χ0) is 16.9. The summed E-state index contributed by atoms with van der Waals surface area (Å²) in [5.41, 5.74) is 2.77. The van der Waals surface area contributed by atoms with E-state index in [2.05, 4.69) is 6.92 Å². The fourth-order valence-corrected chi connectivity index (χ4v) is 5.20. The van der Waals surface area contributed by atoms with E-state index in [1.54, 1.807) is 18.4 Å². The maximum Gasteiger partial charge on any atom is 0.265 e. The maximum absolute atomic E-state index is 13.3. The van der Waals surface area contributed by atoms with Crippen molar-refractivity contribution in [3.8, 4) is 0 Å². The summed E-state index contributed by atoms with van der Waals surface area (Å²) < 4.78 is 33.9. The first-order valence-electron chi connectivity index (χ1n) is 8.02. The lowest BCUT2D eigenvalue weighted by Gasteiger charge is -2.41. The minimum absolute atomic E-state index is 0.130. The fourth-order valence-electron chi connectivity index (χ4n) is 3.56. The molecule has 124 valence electrons. The number of sulfonamides is 1. The predicted octanol–water partition coefficient (Wildman–Crippen LogP) is 3.59. The highest BCUT2D eigenvalue weighted by atomic mass is 32.2. The van der Waals surface area contributed by atoms with Gasteiger partial charge in [0.2, 0.25) is 0 Å². The number of para-hydroxylation sites is 1. The highest BCUT2D eigenvalue weighted by Crippen LogP contribution is 2.44. The van der Waals surface area contributed by atoms with Gasteiger partial charge in [-0.05, 0) is 36.8 Å². The molecule has 0 radical (unpaired) electrons. The van der Waals surface area contributed by atoms with Crippen LogP contribution in [0.2, 0.25) is 0 Å². The van der Waals surface area contributed by atoms with Crippen LogP contribution in [0.4, 0.5) is 5.69 Å². The molecule has 0 fully saturated rings. The number of anilines is 1. The van der Waals surface area contributed by atoms with Gasteiger partial charge in [0.15, 0.2) is 0 Å². The number of aryl methyl sites for hydroxylation is 1. The molecule has 4 nitrogen and oxygen atoms in total. The molecule has 0 saturated carbocycles. The van der Waals surface area contributed by atoms with Crippen LogP contribution in [0.5, 0.6) is 0 Å². The molecule has 24 heavy (non-hydrogen) atoms. The zero-order valence-electron chi connectivity index (χ0n) is 13.6. The number of ether oxygens (including phenoxy) is 1. The Morgan fingerprint density at radius 3 is 2.50 bits per heavy atom. The van der Waals surface area contributed by atoms with E-state index in [9.17, 15) is 8.42 Å². The van der Waals surface area contributed by atoms with Crippen LogP contribution in [0.3, 0.4) is 0 Å². The van der Waals surface area contributed by atoms with Crippen molar-refractivity contribution < 1.29 is 13.2 Å². The molecule has 2 aromatic carbocycles. The molecule has 2 heterocycles. The van der Waals surface area contributed by atoms with Crippen LogP contribution < -0.4 is 4.31 Å². The van der Waals surface area contributed by atoms with Crippen LogP contribution in [0.15, 0.2) is 65.8 Å². The molecule has 0 saturated heterocycles. The topological polar surface area (TPSA) is 46.6 Å². The van der Waals surface area contributed by atoms with Crippen molar-refractivity contribution in [1.82, 2.24) is 0 Å². The molecule has 0 amide bonds. The average Bonchev–Trinajstić information content (AvgIpc) is 3.05. The SMILES string of the molecule is Cc1ccc(S(=O)(=O)N2c3ccccc3[C@@H](C)[C@H]3OC=C[C@H]32)cc1. The molecule has 4 rings (SSSR count). The summed E-state index contributed by atoms with van der Waals surface area (Å²) in [7, 11) is -3.67. The second-order valence-electron chi connectivity index (χ2n) is 6.38. The van der Waals surface area contributed by atoms with E-state index in [4.69, 9.17) is 4.74 Å². The molecule has 0 spiro atoms. The third-order valence-electron chi connectivity index (χ3n) is 4.85. The van der Waals surface area contributed by atoms with Crippen molar-refractivity contribution in [2.75, 3.05) is 4.31 Å². The third-order valence-corrected chi connectivity index (χ3v) is 6.68. The molecule has 2 aliphatic rings. The molecule has 5 heteroatoms. The molecule has 0 bridgehead atoms. The van der Waals surface area contributed by atoms with Crippen molar-refractivity contribution in [1.29, 1.82) is 0 Å². The highest BCUT2D eigenvalue weighted by molar-refractivity contribution is 7.92. The number of hydrogen-bond acceptors (Lipinski definition) is 3. The molecule has 0 N–H and O–H groups in total. The first kappa shape index (κ1) is 15.3. The summed E-state index contributed by atoms with van der Waals surface area (Å²) >= 11 is 0. The first-order chi connectivity index (χ1) is 11.5. The van der Waals surface area contributed by atoms with E-state index < -0.39 is 10.0 Å². The number of nitrogens with zero attached hydrogens (tertiary/aromatic N) is 1. The van der Waals surface area contributed by atoms with Crippen LogP contribution in [-0.4, -0.2) is 20.6 Å². The van der Waals surface area contributed by atoms with Crippen LogP contribution in [0.1, 0.15) is 24.0 Å². The average molecular weight is 341 g/mol. The lowest BCUT2D eigenvalue weighted by Crippen LogP contribution is -2.50. The van der Waals surface area contributed by atoms with Gasteiger partial charge in [-0.3, -0.25) is 4.31 Å². The highest BCUT2D eigenvalue weighted by Gasteiger charge is 2.46. The van der Waals surface area contributed by atoms with Crippen molar-refractivity contribution >= 4 is 15.7 Å². The summed E-state index contributed by atoms with van der Waals surface area (Å²) in [5.74, 6) is 0.130. The van der Waals surface area contributed by atoms with E-state index in [1.807, 2.05) is 49.4 Å². The van der Waals surface area contributed by atoms with E-state index in [-0.39, 0.29) is 18.1 Å². The molecule has 3 atom stereocenters. The lowest BCUT2D eigenvalue weighted by molar-refractivity contribution is 0.131. The van der Waals surface area contributed by atoms with E-state index in [0.717, 1.165) is 16.8 Å². The van der Waals surface area contributed by atoms with Gasteiger partial charge in [0.05, 0.1) is 16.8 Å². The maximum atomic E-state index is 13.3. The largest absolute Gasteiger partial charge is 0.495 e. The number of benzene rings is 2. The molecule has 0 aliphatic carbocycles. The molecule has 0 unspecified atom stereocenters. The molecular formula is C19H19NO3S. The smallest absolute Gasteiger partial charge is 0.265 e. The van der Waals surface area contributed by atoms with Crippen molar-refractivity contribution in [3.63, 3.8) is 0 Å². The van der Waals surface area contributed by atoms with Crippen LogP contribution in [-0.2, 0) is 14.8 Å². The van der Waals surface area contributed by atoms with Gasteiger partial charge in [-0.15, -0.1) is 0 Å². The minimum atomic E-state index is -3.67. The molecule has 2 aliphatic heterocycles. The Balaban J connectivity index is 1.90. The number of rotatable bonds is 2. The Bertz CT molecular complexity index is 902. The molecule has 2 aromatic rings. The molecular weight excluding hydrogens is 322 g/mol. The summed E-state index contributed by atoms with van der Waals surface area (Å²) in [4.78, 5) is 0.302. The standard InChI is InChI=1S/C19H19NO3S/c1-13-7-9-15(10-8-13)24(21,22)20-17-6-4-3-5-16(17)14(2)19-18(20)11-12-23-19/h3-12,14,18-19H,1-2H3/t14-,18-,19-/m1/s1. The number of fused-ring (bicyclic) bond motifs is 2. The van der Waals surface area contributed by atoms with Gasteiger partial charge >= 0.3 is 0 Å². The van der Waals surface area contributed by atoms with Gasteiger partial charge in [0, 0.05) is 5.92 Å². The summed E-state index contributed by atoms with van der Waals surface area (Å²) in [5, 5.41) is 0. The van der Waals surface area contributed by atoms with Gasteiger partial charge in [-0.2, -0.15) is 0 Å². The summed E-state index contributed by atoms with van der Waals surface area (Å²) in [6.45, 7) is 4.02. The van der Waals surface area contributed by atoms with Gasteiger partial charge in [-0.25, -0.2) is 8.42 Å². The van der Waals surface area contributed by atoms with Crippen LogP contribution in [0.25, 0.3) is 0 Å². The second kappa shape index (κ2) is 5.38. The summed E-state index contributed by atoms with van der Waals surface area (Å²) in [6, 6.07) is 14.3. The predicted molar refractivity (Wildman–Crippen MR) is 93.5 cm³/mol. The van der Waals surface area contributed by atoms with Crippen LogP contribution in [0, 0.1) is 6.92 Å². The Morgan fingerprint density at radius 2 is 1.75 bits per heavy atom. The Morgan fingerprint density at radius 1 is 1.04 bits per heavy atom. The van der Waals surface area contributed by atoms with E-state index in [1.165, 1.54) is 4.31 Å². The fraction of sp³-hybridized carbons (Fsp3) is 0.263. The second-order valence-corrected chi connectivity index (χ2v) is 8.20. The van der Waals surface area contributed by atoms with Crippen molar-refractivity contribution in [3.05, 3.63) is 72.0 Å². The van der Waals surface area contributed by atoms with E-state index in [0.29, 0.717) is 4.90 Å². The lowest BCUT2D eigenvalue weighted by atomic mass is 9.86. The third kappa shape index (κ3) is 2.15. The van der Waals surface area contributed by atoms with Gasteiger partial charge in [-0.1, -0.05) is 42.8 Å². The van der Waals surface area contributed by atoms with Gasteiger partial charge < -0.3 is 4.74 Å². The monoisotopic (exact) mass is 341 g/mol. The van der Waals surface area contributed by atoms with Gasteiger partial charge in [0.1, 0.15) is 12.1 Å².